The van der Waals surface area contributed by atoms with Crippen LogP contribution in [0.4, 0.5) is 0 Å². The van der Waals surface area contributed by atoms with E-state index in [4.69, 9.17) is 14.5 Å². The molecule has 0 radical (unpaired) electrons. The third-order valence-corrected chi connectivity index (χ3v) is 5.33. The smallest absolute Gasteiger partial charge is 0.193 e. The molecule has 0 spiro atoms. The van der Waals surface area contributed by atoms with Crippen LogP contribution in [0.25, 0.3) is 0 Å². The molecule has 0 unspecified atom stereocenters. The number of aromatic nitrogens is 1. The largest absolute Gasteiger partial charge is 0.487 e. The summed E-state index contributed by atoms with van der Waals surface area (Å²) in [5.74, 6) is 2.55. The maximum atomic E-state index is 5.89. The van der Waals surface area contributed by atoms with Gasteiger partial charge in [0.25, 0.3) is 0 Å². The van der Waals surface area contributed by atoms with Gasteiger partial charge in [-0.3, -0.25) is 4.98 Å². The summed E-state index contributed by atoms with van der Waals surface area (Å²) in [5.41, 5.74) is 2.04. The molecule has 30 heavy (non-hydrogen) atoms. The Morgan fingerprint density at radius 1 is 1.23 bits per heavy atom. The number of ether oxygens (including phenoxy) is 2. The molecule has 6 nitrogen and oxygen atoms in total. The Morgan fingerprint density at radius 2 is 2.10 bits per heavy atom. The highest BCUT2D eigenvalue weighted by Crippen LogP contribution is 2.19. The Bertz CT molecular complexity index is 776. The summed E-state index contributed by atoms with van der Waals surface area (Å²) < 4.78 is 11.4. The molecule has 162 valence electrons. The Kier molecular flexibility index (Phi) is 8.97. The van der Waals surface area contributed by atoms with E-state index in [1.54, 1.807) is 6.20 Å². The number of hydrogen-bond donors (Lipinski definition) is 1. The lowest BCUT2D eigenvalue weighted by Gasteiger charge is -2.26. The minimum absolute atomic E-state index is 0.463. The Labute approximate surface area is 180 Å². The second kappa shape index (κ2) is 12.2. The van der Waals surface area contributed by atoms with Crippen molar-refractivity contribution in [1.82, 2.24) is 15.2 Å². The van der Waals surface area contributed by atoms with Gasteiger partial charge in [-0.05, 0) is 61.9 Å². The number of aliphatic imine (C=N–C) groups is 1. The van der Waals surface area contributed by atoms with Gasteiger partial charge in [-0.15, -0.1) is 0 Å². The van der Waals surface area contributed by atoms with Crippen molar-refractivity contribution >= 4 is 5.96 Å². The van der Waals surface area contributed by atoms with Gasteiger partial charge in [0, 0.05) is 39.5 Å². The van der Waals surface area contributed by atoms with E-state index in [0.717, 1.165) is 55.2 Å². The first-order chi connectivity index (χ1) is 14.7. The summed E-state index contributed by atoms with van der Waals surface area (Å²) in [5, 5.41) is 3.41. The summed E-state index contributed by atoms with van der Waals surface area (Å²) in [6.45, 7) is 6.85. The van der Waals surface area contributed by atoms with Crippen LogP contribution in [0.5, 0.6) is 5.75 Å². The number of benzene rings is 1. The van der Waals surface area contributed by atoms with Crippen molar-refractivity contribution in [1.29, 1.82) is 0 Å². The SMILES string of the molecule is CCNC(=NCc1cccc(OCc2ccccn2)c1)N(C)CCC1CCOCC1. The predicted octanol–water partition coefficient (Wildman–Crippen LogP) is 3.87. The number of nitrogens with one attached hydrogen (secondary N) is 1. The molecule has 1 aromatic carbocycles. The van der Waals surface area contributed by atoms with Crippen LogP contribution in [0.15, 0.2) is 53.7 Å². The second-order valence-corrected chi connectivity index (χ2v) is 7.69. The van der Waals surface area contributed by atoms with Crippen LogP contribution in [0.2, 0.25) is 0 Å². The summed E-state index contributed by atoms with van der Waals surface area (Å²) in [7, 11) is 2.12. The van der Waals surface area contributed by atoms with Gasteiger partial charge in [0.1, 0.15) is 12.4 Å². The fourth-order valence-electron chi connectivity index (χ4n) is 3.53. The van der Waals surface area contributed by atoms with Crippen LogP contribution in [0, 0.1) is 5.92 Å². The maximum absolute atomic E-state index is 5.89. The second-order valence-electron chi connectivity index (χ2n) is 7.69. The molecule has 2 heterocycles. The molecule has 1 aliphatic rings. The van der Waals surface area contributed by atoms with Crippen molar-refractivity contribution in [3.05, 3.63) is 59.9 Å². The lowest BCUT2D eigenvalue weighted by atomic mass is 9.96. The quantitative estimate of drug-likeness (QED) is 0.502. The number of hydrogen-bond acceptors (Lipinski definition) is 4. The first-order valence-electron chi connectivity index (χ1n) is 10.9. The molecule has 1 aliphatic heterocycles. The Morgan fingerprint density at radius 3 is 2.87 bits per heavy atom. The van der Waals surface area contributed by atoms with Gasteiger partial charge >= 0.3 is 0 Å². The number of nitrogens with zero attached hydrogens (tertiary/aromatic N) is 3. The first-order valence-corrected chi connectivity index (χ1v) is 10.9. The van der Waals surface area contributed by atoms with Gasteiger partial charge in [-0.2, -0.15) is 0 Å². The Hall–Kier alpha value is -2.60. The predicted molar refractivity (Wildman–Crippen MR) is 121 cm³/mol. The molecule has 0 saturated carbocycles. The lowest BCUT2D eigenvalue weighted by molar-refractivity contribution is 0.0625. The highest BCUT2D eigenvalue weighted by molar-refractivity contribution is 5.79. The molecule has 0 atom stereocenters. The molecule has 1 fully saturated rings. The van der Waals surface area contributed by atoms with Crippen LogP contribution >= 0.6 is 0 Å². The minimum atomic E-state index is 0.463. The summed E-state index contributed by atoms with van der Waals surface area (Å²) in [6.07, 6.45) is 5.31. The van der Waals surface area contributed by atoms with Crippen molar-refractivity contribution in [3.8, 4) is 5.75 Å². The van der Waals surface area contributed by atoms with E-state index in [9.17, 15) is 0 Å². The van der Waals surface area contributed by atoms with E-state index in [1.807, 2.05) is 30.3 Å². The average molecular weight is 411 g/mol. The lowest BCUT2D eigenvalue weighted by Crippen LogP contribution is -2.40. The monoisotopic (exact) mass is 410 g/mol. The molecule has 1 saturated heterocycles. The zero-order valence-electron chi connectivity index (χ0n) is 18.2. The fourth-order valence-corrected chi connectivity index (χ4v) is 3.53. The first kappa shape index (κ1) is 22.1. The van der Waals surface area contributed by atoms with E-state index in [0.29, 0.717) is 13.2 Å². The maximum Gasteiger partial charge on any atom is 0.193 e. The van der Waals surface area contributed by atoms with Crippen molar-refractivity contribution in [2.75, 3.05) is 33.4 Å². The third-order valence-electron chi connectivity index (χ3n) is 5.33. The van der Waals surface area contributed by atoms with E-state index in [2.05, 4.69) is 41.3 Å². The van der Waals surface area contributed by atoms with Crippen molar-refractivity contribution in [2.24, 2.45) is 10.9 Å². The topological polar surface area (TPSA) is 59.0 Å². The molecule has 6 heteroatoms. The van der Waals surface area contributed by atoms with Crippen LogP contribution in [0.3, 0.4) is 0 Å². The molecular formula is C24H34N4O2. The van der Waals surface area contributed by atoms with Gasteiger partial charge < -0.3 is 19.7 Å². The van der Waals surface area contributed by atoms with Crippen molar-refractivity contribution in [3.63, 3.8) is 0 Å². The van der Waals surface area contributed by atoms with Gasteiger partial charge in [0.15, 0.2) is 5.96 Å². The van der Waals surface area contributed by atoms with Crippen molar-refractivity contribution < 1.29 is 9.47 Å². The van der Waals surface area contributed by atoms with Crippen LogP contribution in [-0.4, -0.2) is 49.2 Å². The van der Waals surface area contributed by atoms with Crippen LogP contribution < -0.4 is 10.1 Å². The summed E-state index contributed by atoms with van der Waals surface area (Å²) >= 11 is 0. The number of guanidine groups is 1. The van der Waals surface area contributed by atoms with Gasteiger partial charge in [0.2, 0.25) is 0 Å². The molecule has 1 aromatic heterocycles. The van der Waals surface area contributed by atoms with Crippen LogP contribution in [-0.2, 0) is 17.9 Å². The number of rotatable bonds is 9. The van der Waals surface area contributed by atoms with E-state index < -0.39 is 0 Å². The highest BCUT2D eigenvalue weighted by Gasteiger charge is 2.15. The van der Waals surface area contributed by atoms with E-state index in [1.165, 1.54) is 19.3 Å². The molecule has 1 N–H and O–H groups in total. The summed E-state index contributed by atoms with van der Waals surface area (Å²) in [6, 6.07) is 14.0. The van der Waals surface area contributed by atoms with Gasteiger partial charge in [-0.1, -0.05) is 18.2 Å². The van der Waals surface area contributed by atoms with Gasteiger partial charge in [-0.25, -0.2) is 4.99 Å². The molecular weight excluding hydrogens is 376 g/mol. The van der Waals surface area contributed by atoms with E-state index in [-0.39, 0.29) is 0 Å². The molecule has 0 aliphatic carbocycles. The summed E-state index contributed by atoms with van der Waals surface area (Å²) in [4.78, 5) is 11.4. The zero-order chi connectivity index (χ0) is 21.0. The molecule has 0 bridgehead atoms. The Balaban J connectivity index is 1.54. The highest BCUT2D eigenvalue weighted by atomic mass is 16.5. The number of pyridine rings is 1. The molecule has 3 rings (SSSR count). The molecule has 0 amide bonds. The standard InChI is InChI=1S/C24H34N4O2/c1-3-25-24(28(2)14-10-20-11-15-29-16-12-20)27-18-21-7-6-9-23(17-21)30-19-22-8-4-5-13-26-22/h4-9,13,17,20H,3,10-12,14-16,18-19H2,1-2H3,(H,25,27). The van der Waals surface area contributed by atoms with E-state index >= 15 is 0 Å². The minimum Gasteiger partial charge on any atom is -0.487 e. The van der Waals surface area contributed by atoms with Crippen LogP contribution in [0.1, 0.15) is 37.4 Å². The zero-order valence-corrected chi connectivity index (χ0v) is 18.2. The van der Waals surface area contributed by atoms with Gasteiger partial charge in [0.05, 0.1) is 12.2 Å². The normalized spacial score (nSPS) is 15.1. The fraction of sp³-hybridized carbons (Fsp3) is 0.500. The average Bonchev–Trinajstić information content (AvgIpc) is 2.80. The van der Waals surface area contributed by atoms with Crippen molar-refractivity contribution in [2.45, 2.75) is 39.3 Å². The third kappa shape index (κ3) is 7.34. The molecule has 2 aromatic rings.